The van der Waals surface area contributed by atoms with Crippen molar-refractivity contribution in [2.24, 2.45) is 0 Å². The number of hydrogen-bond donors (Lipinski definition) is 0. The molecule has 2 aliphatic rings. The van der Waals surface area contributed by atoms with Crippen molar-refractivity contribution in [2.75, 3.05) is 6.61 Å². The van der Waals surface area contributed by atoms with Crippen molar-refractivity contribution in [3.8, 4) is 0 Å². The van der Waals surface area contributed by atoms with Crippen LogP contribution in [-0.2, 0) is 14.3 Å². The fraction of sp³-hybridized carbons (Fsp3) is 0.429. The molecule has 132 valence electrons. The van der Waals surface area contributed by atoms with Gasteiger partial charge in [-0.05, 0) is 38.3 Å². The van der Waals surface area contributed by atoms with Crippen molar-refractivity contribution in [2.45, 2.75) is 52.0 Å². The van der Waals surface area contributed by atoms with Crippen LogP contribution in [0.5, 0.6) is 0 Å². The molecule has 0 unspecified atom stereocenters. The molecule has 1 heterocycles. The van der Waals surface area contributed by atoms with Gasteiger partial charge in [-0.15, -0.1) is 0 Å². The first-order chi connectivity index (χ1) is 12.1. The first-order valence-corrected chi connectivity index (χ1v) is 9.12. The molecule has 1 aromatic carbocycles. The summed E-state index contributed by atoms with van der Waals surface area (Å²) in [7, 11) is 0. The summed E-state index contributed by atoms with van der Waals surface area (Å²) >= 11 is 0. The number of allylic oxidation sites excluding steroid dienone is 1. The van der Waals surface area contributed by atoms with Crippen molar-refractivity contribution in [3.63, 3.8) is 0 Å². The zero-order chi connectivity index (χ0) is 17.8. The quantitative estimate of drug-likeness (QED) is 0.613. The zero-order valence-corrected chi connectivity index (χ0v) is 15.0. The minimum absolute atomic E-state index is 0.0729. The van der Waals surface area contributed by atoms with Crippen LogP contribution in [0.4, 0.5) is 0 Å². The Labute approximate surface area is 149 Å². The van der Waals surface area contributed by atoms with Crippen molar-refractivity contribution in [3.05, 3.63) is 52.7 Å². The summed E-state index contributed by atoms with van der Waals surface area (Å²) in [5, 5.41) is 0. The van der Waals surface area contributed by atoms with Gasteiger partial charge in [-0.3, -0.25) is 4.79 Å². The van der Waals surface area contributed by atoms with E-state index in [1.165, 1.54) is 6.42 Å². The average molecular weight is 339 g/mol. The number of carbonyl (C=O) groups excluding carboxylic acids is 2. The Bertz CT molecular complexity index is 712. The molecule has 1 saturated carbocycles. The second-order valence-electron chi connectivity index (χ2n) is 6.62. The molecule has 25 heavy (non-hydrogen) atoms. The van der Waals surface area contributed by atoms with Gasteiger partial charge in [0.1, 0.15) is 0 Å². The second-order valence-corrected chi connectivity index (χ2v) is 6.62. The van der Waals surface area contributed by atoms with E-state index in [-0.39, 0.29) is 11.9 Å². The predicted molar refractivity (Wildman–Crippen MR) is 97.5 cm³/mol. The fourth-order valence-electron chi connectivity index (χ4n) is 3.79. The van der Waals surface area contributed by atoms with Crippen LogP contribution in [0, 0.1) is 0 Å². The van der Waals surface area contributed by atoms with Crippen LogP contribution in [0.1, 0.15) is 51.5 Å². The van der Waals surface area contributed by atoms with Crippen molar-refractivity contribution in [1.29, 1.82) is 0 Å². The van der Waals surface area contributed by atoms with E-state index in [1.807, 2.05) is 42.2 Å². The molecule has 0 N–H and O–H groups in total. The highest BCUT2D eigenvalue weighted by Crippen LogP contribution is 2.36. The van der Waals surface area contributed by atoms with Crippen molar-refractivity contribution >= 4 is 18.0 Å². The number of rotatable bonds is 4. The van der Waals surface area contributed by atoms with Gasteiger partial charge in [-0.25, -0.2) is 4.79 Å². The van der Waals surface area contributed by atoms with Crippen LogP contribution in [-0.4, -0.2) is 29.4 Å². The standard InChI is InChI=1S/C21H25NO3/c1-3-25-21(24)19-15(2)22(17-12-8-5-9-13-17)20(23)18(19)14-16-10-6-4-7-11-16/h4,6-7,10-11,14,17H,3,5,8-9,12-13H2,1-2H3/b18-14-. The lowest BCUT2D eigenvalue weighted by molar-refractivity contribution is -0.138. The van der Waals surface area contributed by atoms with E-state index in [2.05, 4.69) is 0 Å². The van der Waals surface area contributed by atoms with Crippen molar-refractivity contribution < 1.29 is 14.3 Å². The minimum Gasteiger partial charge on any atom is -0.462 e. The maximum atomic E-state index is 13.1. The topological polar surface area (TPSA) is 46.6 Å². The van der Waals surface area contributed by atoms with E-state index in [1.54, 1.807) is 13.0 Å². The molecular formula is C21H25NO3. The molecule has 1 aliphatic heterocycles. The highest BCUT2D eigenvalue weighted by molar-refractivity contribution is 6.16. The first kappa shape index (κ1) is 17.5. The Hall–Kier alpha value is -2.36. The van der Waals surface area contributed by atoms with Gasteiger partial charge < -0.3 is 9.64 Å². The molecule has 4 heteroatoms. The smallest absolute Gasteiger partial charge is 0.340 e. The Kier molecular flexibility index (Phi) is 5.37. The number of hydrogen-bond acceptors (Lipinski definition) is 3. The van der Waals surface area contributed by atoms with Gasteiger partial charge in [0.15, 0.2) is 0 Å². The molecule has 3 rings (SSSR count). The van der Waals surface area contributed by atoms with Gasteiger partial charge >= 0.3 is 5.97 Å². The molecule has 0 saturated heterocycles. The fourth-order valence-corrected chi connectivity index (χ4v) is 3.79. The highest BCUT2D eigenvalue weighted by atomic mass is 16.5. The maximum Gasteiger partial charge on any atom is 0.340 e. The third-order valence-corrected chi connectivity index (χ3v) is 4.97. The molecule has 0 spiro atoms. The SMILES string of the molecule is CCOC(=O)C1=C(C)N(C2CCCCC2)C(=O)/C1=C\c1ccccc1. The summed E-state index contributed by atoms with van der Waals surface area (Å²) in [5.74, 6) is -0.481. The van der Waals surface area contributed by atoms with Gasteiger partial charge in [0.05, 0.1) is 17.8 Å². The van der Waals surface area contributed by atoms with E-state index in [9.17, 15) is 9.59 Å². The van der Waals surface area contributed by atoms with Gasteiger partial charge in [-0.1, -0.05) is 49.6 Å². The van der Waals surface area contributed by atoms with Gasteiger partial charge in [0.25, 0.3) is 5.91 Å². The number of benzene rings is 1. The van der Waals surface area contributed by atoms with E-state index >= 15 is 0 Å². The predicted octanol–water partition coefficient (Wildman–Crippen LogP) is 4.08. The number of carbonyl (C=O) groups is 2. The number of amides is 1. The van der Waals surface area contributed by atoms with Crippen LogP contribution in [0.15, 0.2) is 47.2 Å². The van der Waals surface area contributed by atoms with Gasteiger partial charge in [0, 0.05) is 11.7 Å². The normalized spacial score (nSPS) is 20.5. The molecule has 0 aromatic heterocycles. The van der Waals surface area contributed by atoms with Crippen molar-refractivity contribution in [1.82, 2.24) is 4.90 Å². The molecule has 1 amide bonds. The molecule has 1 aromatic rings. The summed E-state index contributed by atoms with van der Waals surface area (Å²) in [5.41, 5.74) is 2.51. The second kappa shape index (κ2) is 7.68. The van der Waals surface area contributed by atoms with Crippen LogP contribution in [0.2, 0.25) is 0 Å². The Morgan fingerprint density at radius 1 is 1.20 bits per heavy atom. The highest BCUT2D eigenvalue weighted by Gasteiger charge is 2.40. The molecule has 0 atom stereocenters. The van der Waals surface area contributed by atoms with Crippen LogP contribution < -0.4 is 0 Å². The molecule has 1 fully saturated rings. The molecule has 0 bridgehead atoms. The van der Waals surface area contributed by atoms with Crippen LogP contribution >= 0.6 is 0 Å². The lowest BCUT2D eigenvalue weighted by atomic mass is 9.94. The summed E-state index contributed by atoms with van der Waals surface area (Å²) < 4.78 is 5.23. The first-order valence-electron chi connectivity index (χ1n) is 9.12. The average Bonchev–Trinajstić information content (AvgIpc) is 2.87. The molecule has 1 aliphatic carbocycles. The van der Waals surface area contributed by atoms with Gasteiger partial charge in [-0.2, -0.15) is 0 Å². The lowest BCUT2D eigenvalue weighted by Gasteiger charge is -2.32. The van der Waals surface area contributed by atoms with E-state index in [0.717, 1.165) is 36.9 Å². The molecule has 4 nitrogen and oxygen atoms in total. The van der Waals surface area contributed by atoms with Gasteiger partial charge in [0.2, 0.25) is 0 Å². The number of ether oxygens (including phenoxy) is 1. The number of nitrogens with zero attached hydrogens (tertiary/aromatic N) is 1. The summed E-state index contributed by atoms with van der Waals surface area (Å²) in [6, 6.07) is 9.83. The number of esters is 1. The van der Waals surface area contributed by atoms with Crippen LogP contribution in [0.3, 0.4) is 0 Å². The van der Waals surface area contributed by atoms with Crippen LogP contribution in [0.25, 0.3) is 6.08 Å². The monoisotopic (exact) mass is 339 g/mol. The lowest BCUT2D eigenvalue weighted by Crippen LogP contribution is -2.37. The zero-order valence-electron chi connectivity index (χ0n) is 15.0. The molecule has 0 radical (unpaired) electrons. The van der Waals surface area contributed by atoms with E-state index in [4.69, 9.17) is 4.74 Å². The Balaban J connectivity index is 2.02. The largest absolute Gasteiger partial charge is 0.462 e. The summed E-state index contributed by atoms with van der Waals surface area (Å²) in [6.45, 7) is 3.94. The molecular weight excluding hydrogens is 314 g/mol. The van der Waals surface area contributed by atoms with E-state index < -0.39 is 5.97 Å². The minimum atomic E-state index is -0.408. The maximum absolute atomic E-state index is 13.1. The third-order valence-electron chi connectivity index (χ3n) is 4.97. The summed E-state index contributed by atoms with van der Waals surface area (Å²) in [6.07, 6.45) is 7.29. The summed E-state index contributed by atoms with van der Waals surface area (Å²) in [4.78, 5) is 27.5. The Morgan fingerprint density at radius 2 is 1.88 bits per heavy atom. The Morgan fingerprint density at radius 3 is 2.52 bits per heavy atom. The van der Waals surface area contributed by atoms with E-state index in [0.29, 0.717) is 17.8 Å². The third kappa shape index (κ3) is 3.53.